The van der Waals surface area contributed by atoms with Crippen LogP contribution < -0.4 is 0 Å². The second-order valence-electron chi connectivity index (χ2n) is 4.70. The van der Waals surface area contributed by atoms with Gasteiger partial charge in [-0.1, -0.05) is 19.8 Å². The highest BCUT2D eigenvalue weighted by Crippen LogP contribution is 2.36. The van der Waals surface area contributed by atoms with Crippen molar-refractivity contribution in [2.45, 2.75) is 70.0 Å². The smallest absolute Gasteiger partial charge is 0.0983 e. The van der Waals surface area contributed by atoms with Crippen LogP contribution in [0.25, 0.3) is 0 Å². The van der Waals surface area contributed by atoms with Gasteiger partial charge in [0.1, 0.15) is 0 Å². The first-order valence-corrected chi connectivity index (χ1v) is 6.04. The molecular weight excluding hydrogens is 172 g/mol. The summed E-state index contributed by atoms with van der Waals surface area (Å²) in [5.74, 6) is 0. The van der Waals surface area contributed by atoms with Crippen LogP contribution in [0.2, 0.25) is 0 Å². The molecule has 78 valence electrons. The molecule has 0 spiro atoms. The number of nitriles is 1. The van der Waals surface area contributed by atoms with Crippen molar-refractivity contribution in [3.05, 3.63) is 0 Å². The Kier molecular flexibility index (Phi) is 3.08. The van der Waals surface area contributed by atoms with Crippen molar-refractivity contribution < 1.29 is 0 Å². The lowest BCUT2D eigenvalue weighted by Crippen LogP contribution is -2.46. The fourth-order valence-corrected chi connectivity index (χ4v) is 3.24. The Hall–Kier alpha value is -0.550. The minimum atomic E-state index is 0.233. The van der Waals surface area contributed by atoms with Crippen LogP contribution in [0.5, 0.6) is 0 Å². The molecule has 0 aliphatic carbocycles. The van der Waals surface area contributed by atoms with Gasteiger partial charge in [-0.05, 0) is 32.1 Å². The molecule has 2 heteroatoms. The zero-order valence-corrected chi connectivity index (χ0v) is 9.08. The predicted octanol–water partition coefficient (Wildman–Crippen LogP) is 2.70. The van der Waals surface area contributed by atoms with Crippen molar-refractivity contribution in [1.29, 1.82) is 5.26 Å². The lowest BCUT2D eigenvalue weighted by atomic mass is 9.93. The van der Waals surface area contributed by atoms with Crippen LogP contribution in [-0.2, 0) is 0 Å². The van der Waals surface area contributed by atoms with Crippen LogP contribution in [0.3, 0.4) is 0 Å². The average molecular weight is 192 g/mol. The quantitative estimate of drug-likeness (QED) is 0.672. The molecule has 0 aromatic rings. The summed E-state index contributed by atoms with van der Waals surface area (Å²) >= 11 is 0. The van der Waals surface area contributed by atoms with E-state index in [4.69, 9.17) is 5.26 Å². The van der Waals surface area contributed by atoms with E-state index in [1.54, 1.807) is 0 Å². The summed E-state index contributed by atoms with van der Waals surface area (Å²) in [6.07, 6.45) is 8.95. The molecule has 0 saturated carbocycles. The second-order valence-corrected chi connectivity index (χ2v) is 4.70. The van der Waals surface area contributed by atoms with E-state index in [0.717, 1.165) is 12.5 Å². The molecule has 2 nitrogen and oxygen atoms in total. The molecule has 3 atom stereocenters. The van der Waals surface area contributed by atoms with Gasteiger partial charge in [0.05, 0.1) is 12.1 Å². The van der Waals surface area contributed by atoms with Crippen LogP contribution in [0.15, 0.2) is 0 Å². The maximum absolute atomic E-state index is 9.10. The molecule has 14 heavy (non-hydrogen) atoms. The Labute approximate surface area is 86.9 Å². The molecular formula is C12H20N2. The van der Waals surface area contributed by atoms with E-state index in [0.29, 0.717) is 6.04 Å². The van der Waals surface area contributed by atoms with E-state index in [1.807, 2.05) is 0 Å². The van der Waals surface area contributed by atoms with Crippen LogP contribution >= 0.6 is 0 Å². The zero-order valence-electron chi connectivity index (χ0n) is 9.08. The fourth-order valence-electron chi connectivity index (χ4n) is 3.24. The Bertz CT molecular complexity index is 229. The van der Waals surface area contributed by atoms with E-state index in [2.05, 4.69) is 17.9 Å². The molecule has 0 bridgehead atoms. The Balaban J connectivity index is 2.07. The highest BCUT2D eigenvalue weighted by atomic mass is 15.2. The van der Waals surface area contributed by atoms with Crippen molar-refractivity contribution in [2.75, 3.05) is 0 Å². The highest BCUT2D eigenvalue weighted by Gasteiger charge is 2.39. The summed E-state index contributed by atoms with van der Waals surface area (Å²) in [5.41, 5.74) is 0. The van der Waals surface area contributed by atoms with Gasteiger partial charge >= 0.3 is 0 Å². The minimum absolute atomic E-state index is 0.233. The Morgan fingerprint density at radius 1 is 1.29 bits per heavy atom. The summed E-state index contributed by atoms with van der Waals surface area (Å²) in [6.45, 7) is 2.25. The largest absolute Gasteiger partial charge is 0.282 e. The van der Waals surface area contributed by atoms with Crippen LogP contribution in [-0.4, -0.2) is 23.0 Å². The van der Waals surface area contributed by atoms with Gasteiger partial charge in [-0.25, -0.2) is 0 Å². The Morgan fingerprint density at radius 2 is 2.14 bits per heavy atom. The van der Waals surface area contributed by atoms with Gasteiger partial charge < -0.3 is 0 Å². The van der Waals surface area contributed by atoms with Gasteiger partial charge in [0.15, 0.2) is 0 Å². The molecule has 2 heterocycles. The Morgan fingerprint density at radius 3 is 2.86 bits per heavy atom. The minimum Gasteiger partial charge on any atom is -0.282 e. The van der Waals surface area contributed by atoms with E-state index >= 15 is 0 Å². The summed E-state index contributed by atoms with van der Waals surface area (Å²) in [7, 11) is 0. The first kappa shape index (κ1) is 9.98. The number of nitrogens with zero attached hydrogens (tertiary/aromatic N) is 2. The molecule has 0 radical (unpaired) electrons. The van der Waals surface area contributed by atoms with Crippen LogP contribution in [0, 0.1) is 11.3 Å². The van der Waals surface area contributed by atoms with Crippen molar-refractivity contribution in [3.63, 3.8) is 0 Å². The average Bonchev–Trinajstić information content (AvgIpc) is 2.62. The van der Waals surface area contributed by atoms with Gasteiger partial charge in [-0.2, -0.15) is 5.26 Å². The van der Waals surface area contributed by atoms with Crippen LogP contribution in [0.1, 0.15) is 51.9 Å². The van der Waals surface area contributed by atoms with Gasteiger partial charge in [0.2, 0.25) is 0 Å². The number of rotatable bonds is 2. The third kappa shape index (κ3) is 1.66. The first-order valence-electron chi connectivity index (χ1n) is 6.04. The monoisotopic (exact) mass is 192 g/mol. The van der Waals surface area contributed by atoms with E-state index in [9.17, 15) is 0 Å². The molecule has 2 rings (SSSR count). The van der Waals surface area contributed by atoms with Crippen molar-refractivity contribution in [3.8, 4) is 6.07 Å². The first-order chi connectivity index (χ1) is 6.86. The van der Waals surface area contributed by atoms with Crippen molar-refractivity contribution in [2.24, 2.45) is 0 Å². The highest BCUT2D eigenvalue weighted by molar-refractivity contribution is 5.03. The number of piperidine rings is 1. The fraction of sp³-hybridized carbons (Fsp3) is 0.917. The maximum atomic E-state index is 9.10. The normalized spacial score (nSPS) is 37.9. The third-order valence-electron chi connectivity index (χ3n) is 3.82. The van der Waals surface area contributed by atoms with Crippen LogP contribution in [0.4, 0.5) is 0 Å². The van der Waals surface area contributed by atoms with E-state index in [-0.39, 0.29) is 6.04 Å². The van der Waals surface area contributed by atoms with Gasteiger partial charge in [-0.15, -0.1) is 0 Å². The van der Waals surface area contributed by atoms with Crippen molar-refractivity contribution >= 4 is 0 Å². The molecule has 0 aromatic carbocycles. The lowest BCUT2D eigenvalue weighted by Gasteiger charge is -2.39. The lowest BCUT2D eigenvalue weighted by molar-refractivity contribution is 0.0945. The molecule has 3 unspecified atom stereocenters. The third-order valence-corrected chi connectivity index (χ3v) is 3.82. The zero-order chi connectivity index (χ0) is 9.97. The predicted molar refractivity (Wildman–Crippen MR) is 56.8 cm³/mol. The van der Waals surface area contributed by atoms with E-state index < -0.39 is 0 Å². The second kappa shape index (κ2) is 4.31. The molecule has 0 amide bonds. The summed E-state index contributed by atoms with van der Waals surface area (Å²) < 4.78 is 0. The van der Waals surface area contributed by atoms with Gasteiger partial charge in [0.25, 0.3) is 0 Å². The molecule has 2 aliphatic rings. The van der Waals surface area contributed by atoms with E-state index in [1.165, 1.54) is 38.5 Å². The number of fused-ring (bicyclic) bond motifs is 1. The van der Waals surface area contributed by atoms with Gasteiger partial charge in [0, 0.05) is 12.1 Å². The molecule has 2 saturated heterocycles. The molecule has 0 aromatic heterocycles. The standard InChI is InChI=1S/C12H20N2/c1-2-4-10-5-3-6-11-7-8-12(9-13)14(10)11/h10-12H,2-8H2,1H3. The molecule has 0 N–H and O–H groups in total. The number of hydrogen-bond acceptors (Lipinski definition) is 2. The van der Waals surface area contributed by atoms with Gasteiger partial charge in [-0.3, -0.25) is 4.90 Å². The number of hydrogen-bond donors (Lipinski definition) is 0. The van der Waals surface area contributed by atoms with Crippen molar-refractivity contribution in [1.82, 2.24) is 4.90 Å². The molecule has 2 fully saturated rings. The SMILES string of the molecule is CCCC1CCCC2CCC(C#N)N12. The maximum Gasteiger partial charge on any atom is 0.0983 e. The summed E-state index contributed by atoms with van der Waals surface area (Å²) in [6, 6.07) is 4.17. The summed E-state index contributed by atoms with van der Waals surface area (Å²) in [4.78, 5) is 2.53. The summed E-state index contributed by atoms with van der Waals surface area (Å²) in [5, 5.41) is 9.10. The molecule has 2 aliphatic heterocycles. The topological polar surface area (TPSA) is 27.0 Å².